The van der Waals surface area contributed by atoms with Crippen LogP contribution in [-0.2, 0) is 31.9 Å². The number of allylic oxidation sites excluding steroid dienone is 2. The summed E-state index contributed by atoms with van der Waals surface area (Å²) in [6.45, 7) is 8.55. The number of carbonyl (C=O) groups excluding carboxylic acids is 2. The third-order valence-electron chi connectivity index (χ3n) is 6.69. The molecule has 3 rings (SSSR count). The number of ether oxygens (including phenoxy) is 2. The molecule has 7 nitrogen and oxygen atoms in total. The lowest BCUT2D eigenvalue weighted by atomic mass is 9.75. The van der Waals surface area contributed by atoms with Gasteiger partial charge >= 0.3 is 11.9 Å². The molecule has 0 fully saturated rings. The van der Waals surface area contributed by atoms with Gasteiger partial charge in [0.15, 0.2) is 0 Å². The van der Waals surface area contributed by atoms with Crippen molar-refractivity contribution in [2.45, 2.75) is 66.2 Å². The summed E-state index contributed by atoms with van der Waals surface area (Å²) in [5, 5.41) is 3.24. The Morgan fingerprint density at radius 3 is 1.78 bits per heavy atom. The van der Waals surface area contributed by atoms with Crippen molar-refractivity contribution in [3.05, 3.63) is 82.7 Å². The van der Waals surface area contributed by atoms with E-state index in [9.17, 15) is 9.59 Å². The molecule has 0 radical (unpaired) electrons. The highest BCUT2D eigenvalue weighted by atomic mass is 16.5. The predicted molar refractivity (Wildman–Crippen MR) is 143 cm³/mol. The summed E-state index contributed by atoms with van der Waals surface area (Å²) < 4.78 is 11.4. The van der Waals surface area contributed by atoms with Crippen molar-refractivity contribution >= 4 is 11.9 Å². The minimum absolute atomic E-state index is 0.0767. The van der Waals surface area contributed by atoms with Gasteiger partial charge in [-0.1, -0.05) is 38.8 Å². The van der Waals surface area contributed by atoms with E-state index < -0.39 is 0 Å². The number of aromatic nitrogens is 2. The van der Waals surface area contributed by atoms with Crippen molar-refractivity contribution in [1.82, 2.24) is 15.3 Å². The average Bonchev–Trinajstić information content (AvgIpc) is 2.89. The third kappa shape index (κ3) is 8.00. The largest absolute Gasteiger partial charge is 0.462 e. The first kappa shape index (κ1) is 28.1. The van der Waals surface area contributed by atoms with E-state index in [1.165, 1.54) is 0 Å². The molecule has 0 saturated heterocycles. The molecule has 1 N–H and O–H groups in total. The molecule has 2 aromatic heterocycles. The minimum atomic E-state index is -0.377. The molecule has 37 heavy (non-hydrogen) atoms. The molecule has 0 aromatic carbocycles. The monoisotopic (exact) mass is 505 g/mol. The number of dihydropyridines is 1. The van der Waals surface area contributed by atoms with Gasteiger partial charge in [-0.2, -0.15) is 0 Å². The molecule has 198 valence electrons. The van der Waals surface area contributed by atoms with Gasteiger partial charge in [-0.25, -0.2) is 9.59 Å². The smallest absolute Gasteiger partial charge is 0.336 e. The Kier molecular flexibility index (Phi) is 10.9. The molecule has 3 heterocycles. The zero-order chi connectivity index (χ0) is 26.6. The van der Waals surface area contributed by atoms with Gasteiger partial charge < -0.3 is 14.8 Å². The highest BCUT2D eigenvalue weighted by Gasteiger charge is 2.39. The van der Waals surface area contributed by atoms with Gasteiger partial charge in [0, 0.05) is 42.1 Å². The molecule has 0 amide bonds. The maximum Gasteiger partial charge on any atom is 0.336 e. The maximum atomic E-state index is 13.3. The van der Waals surface area contributed by atoms with Crippen LogP contribution in [0.4, 0.5) is 0 Å². The third-order valence-corrected chi connectivity index (χ3v) is 6.69. The van der Waals surface area contributed by atoms with Crippen molar-refractivity contribution < 1.29 is 19.1 Å². The number of hydrogen-bond donors (Lipinski definition) is 1. The highest BCUT2D eigenvalue weighted by Crippen LogP contribution is 2.38. The summed E-state index contributed by atoms with van der Waals surface area (Å²) >= 11 is 0. The molecule has 1 aliphatic rings. The van der Waals surface area contributed by atoms with Crippen molar-refractivity contribution in [3.8, 4) is 0 Å². The first-order valence-corrected chi connectivity index (χ1v) is 13.2. The molecular weight excluding hydrogens is 466 g/mol. The zero-order valence-corrected chi connectivity index (χ0v) is 22.5. The summed E-state index contributed by atoms with van der Waals surface area (Å²) in [4.78, 5) is 34.9. The Labute approximate surface area is 220 Å². The van der Waals surface area contributed by atoms with E-state index in [1.807, 2.05) is 50.5 Å². The number of esters is 2. The van der Waals surface area contributed by atoms with Crippen LogP contribution in [0.25, 0.3) is 0 Å². The topological polar surface area (TPSA) is 90.4 Å². The van der Waals surface area contributed by atoms with Crippen molar-refractivity contribution in [2.24, 2.45) is 11.8 Å². The van der Waals surface area contributed by atoms with Crippen LogP contribution >= 0.6 is 0 Å². The Morgan fingerprint density at radius 1 is 0.892 bits per heavy atom. The highest BCUT2D eigenvalue weighted by molar-refractivity contribution is 5.97. The van der Waals surface area contributed by atoms with Gasteiger partial charge in [0.25, 0.3) is 0 Å². The number of hydrogen-bond acceptors (Lipinski definition) is 7. The Hall–Kier alpha value is -3.48. The van der Waals surface area contributed by atoms with Crippen LogP contribution in [0, 0.1) is 11.8 Å². The fourth-order valence-electron chi connectivity index (χ4n) is 4.91. The number of pyridine rings is 2. The number of aryl methyl sites for hydroxylation is 2. The SMILES string of the molecule is CCCC(C)C1C(C(=O)OCCCc2cccnc2)=C(C)NC(C)=C1C(=O)OCCCc1cccnc1. The van der Waals surface area contributed by atoms with E-state index in [-0.39, 0.29) is 23.8 Å². The summed E-state index contributed by atoms with van der Waals surface area (Å²) in [5.74, 6) is -1.05. The van der Waals surface area contributed by atoms with Crippen LogP contribution in [0.5, 0.6) is 0 Å². The molecule has 0 spiro atoms. The number of carbonyl (C=O) groups is 2. The molecule has 0 saturated carbocycles. The van der Waals surface area contributed by atoms with Gasteiger partial charge in [0.1, 0.15) is 0 Å². The number of rotatable bonds is 13. The summed E-state index contributed by atoms with van der Waals surface area (Å²) in [7, 11) is 0. The minimum Gasteiger partial charge on any atom is -0.462 e. The first-order chi connectivity index (χ1) is 17.9. The Balaban J connectivity index is 1.66. The van der Waals surface area contributed by atoms with Crippen LogP contribution in [-0.4, -0.2) is 35.1 Å². The van der Waals surface area contributed by atoms with Crippen LogP contribution in [0.2, 0.25) is 0 Å². The van der Waals surface area contributed by atoms with Crippen LogP contribution < -0.4 is 5.32 Å². The van der Waals surface area contributed by atoms with Gasteiger partial charge in [-0.3, -0.25) is 9.97 Å². The van der Waals surface area contributed by atoms with E-state index in [1.54, 1.807) is 12.4 Å². The normalized spacial score (nSPS) is 14.8. The Bertz CT molecular complexity index is 1010. The van der Waals surface area contributed by atoms with Crippen molar-refractivity contribution in [3.63, 3.8) is 0 Å². The number of nitrogens with one attached hydrogen (secondary N) is 1. The lowest BCUT2D eigenvalue weighted by Crippen LogP contribution is -2.36. The second kappa shape index (κ2) is 14.3. The molecule has 1 unspecified atom stereocenters. The van der Waals surface area contributed by atoms with Crippen molar-refractivity contribution in [2.75, 3.05) is 13.2 Å². The molecule has 0 bridgehead atoms. The van der Waals surface area contributed by atoms with Gasteiger partial charge in [-0.05, 0) is 68.7 Å². The standard InChI is InChI=1S/C30H39N3O4/c1-5-10-21(2)26-27(29(34)36-17-8-13-24-11-6-15-31-19-24)22(3)33-23(4)28(26)30(35)37-18-9-14-25-12-7-16-32-20-25/h6-7,11-12,15-16,19-21,26,33H,5,8-10,13-14,17-18H2,1-4H3. The van der Waals surface area contributed by atoms with E-state index in [2.05, 4.69) is 29.1 Å². The molecular formula is C30H39N3O4. The molecule has 2 aromatic rings. The molecule has 1 aliphatic heterocycles. The maximum absolute atomic E-state index is 13.3. The number of nitrogens with zero attached hydrogens (tertiary/aromatic N) is 2. The zero-order valence-electron chi connectivity index (χ0n) is 22.5. The summed E-state index contributed by atoms with van der Waals surface area (Å²) in [5.41, 5.74) is 4.72. The molecule has 1 atom stereocenters. The van der Waals surface area contributed by atoms with Crippen LogP contribution in [0.15, 0.2) is 71.6 Å². The summed E-state index contributed by atoms with van der Waals surface area (Å²) in [6.07, 6.45) is 11.9. The van der Waals surface area contributed by atoms with E-state index in [4.69, 9.17) is 9.47 Å². The van der Waals surface area contributed by atoms with E-state index in [0.717, 1.165) is 48.2 Å². The summed E-state index contributed by atoms with van der Waals surface area (Å²) in [6, 6.07) is 7.82. The second-order valence-electron chi connectivity index (χ2n) is 9.65. The first-order valence-electron chi connectivity index (χ1n) is 13.2. The van der Waals surface area contributed by atoms with Gasteiger partial charge in [0.2, 0.25) is 0 Å². The van der Waals surface area contributed by atoms with Crippen LogP contribution in [0.3, 0.4) is 0 Å². The Morgan fingerprint density at radius 2 is 1.38 bits per heavy atom. The van der Waals surface area contributed by atoms with Crippen LogP contribution in [0.1, 0.15) is 64.5 Å². The molecule has 7 heteroatoms. The van der Waals surface area contributed by atoms with Gasteiger partial charge in [-0.15, -0.1) is 0 Å². The fourth-order valence-corrected chi connectivity index (χ4v) is 4.91. The van der Waals surface area contributed by atoms with Gasteiger partial charge in [0.05, 0.1) is 24.4 Å². The van der Waals surface area contributed by atoms with Crippen molar-refractivity contribution in [1.29, 1.82) is 0 Å². The van der Waals surface area contributed by atoms with E-state index >= 15 is 0 Å². The fraction of sp³-hybridized carbons (Fsp3) is 0.467. The molecule has 0 aliphatic carbocycles. The predicted octanol–water partition coefficient (Wildman–Crippen LogP) is 5.33. The lowest BCUT2D eigenvalue weighted by molar-refractivity contribution is -0.141. The average molecular weight is 506 g/mol. The lowest BCUT2D eigenvalue weighted by Gasteiger charge is -2.33. The second-order valence-corrected chi connectivity index (χ2v) is 9.65. The van der Waals surface area contributed by atoms with E-state index in [0.29, 0.717) is 37.2 Å². The quantitative estimate of drug-likeness (QED) is 0.291.